The number of aromatic hydroxyl groups is 1. The standard InChI is InChI=1S/C9H13NO2/c1-2-12-9-5-3-4-8(11)7(9)6-10/h3-5,11H,2,6,10H2,1H3. The molecule has 0 saturated heterocycles. The van der Waals surface area contributed by atoms with Crippen LogP contribution in [0.1, 0.15) is 12.5 Å². The van der Waals surface area contributed by atoms with Gasteiger partial charge in [0.1, 0.15) is 11.5 Å². The second-order valence-corrected chi connectivity index (χ2v) is 2.39. The van der Waals surface area contributed by atoms with E-state index in [1.54, 1.807) is 18.2 Å². The topological polar surface area (TPSA) is 55.5 Å². The van der Waals surface area contributed by atoms with Crippen molar-refractivity contribution < 1.29 is 9.84 Å². The van der Waals surface area contributed by atoms with E-state index in [2.05, 4.69) is 0 Å². The average molecular weight is 167 g/mol. The molecule has 3 nitrogen and oxygen atoms in total. The molecule has 0 radical (unpaired) electrons. The van der Waals surface area contributed by atoms with Gasteiger partial charge in [0.25, 0.3) is 0 Å². The van der Waals surface area contributed by atoms with E-state index in [0.29, 0.717) is 24.5 Å². The van der Waals surface area contributed by atoms with Gasteiger partial charge in [-0.1, -0.05) is 6.07 Å². The summed E-state index contributed by atoms with van der Waals surface area (Å²) < 4.78 is 5.27. The van der Waals surface area contributed by atoms with Crippen LogP contribution in [0.5, 0.6) is 11.5 Å². The van der Waals surface area contributed by atoms with Crippen molar-refractivity contribution in [1.29, 1.82) is 0 Å². The third-order valence-corrected chi connectivity index (χ3v) is 1.61. The molecule has 66 valence electrons. The van der Waals surface area contributed by atoms with Crippen molar-refractivity contribution in [3.63, 3.8) is 0 Å². The Labute approximate surface area is 71.8 Å². The molecular formula is C9H13NO2. The number of phenolic OH excluding ortho intramolecular Hbond substituents is 1. The van der Waals surface area contributed by atoms with Crippen LogP contribution in [-0.2, 0) is 6.54 Å². The SMILES string of the molecule is CCOc1cccc(O)c1CN. The number of hydrogen-bond donors (Lipinski definition) is 2. The summed E-state index contributed by atoms with van der Waals surface area (Å²) in [6.45, 7) is 2.77. The minimum Gasteiger partial charge on any atom is -0.507 e. The molecule has 0 aliphatic heterocycles. The van der Waals surface area contributed by atoms with Gasteiger partial charge in [0.05, 0.1) is 6.61 Å². The lowest BCUT2D eigenvalue weighted by atomic mass is 10.2. The van der Waals surface area contributed by atoms with Crippen LogP contribution in [-0.4, -0.2) is 11.7 Å². The summed E-state index contributed by atoms with van der Waals surface area (Å²) in [5, 5.41) is 9.36. The van der Waals surface area contributed by atoms with Crippen LogP contribution in [0.2, 0.25) is 0 Å². The zero-order valence-electron chi connectivity index (χ0n) is 7.08. The Morgan fingerprint density at radius 2 is 2.25 bits per heavy atom. The average Bonchev–Trinajstić information content (AvgIpc) is 2.05. The van der Waals surface area contributed by atoms with Gasteiger partial charge in [0.2, 0.25) is 0 Å². The molecule has 0 heterocycles. The van der Waals surface area contributed by atoms with Crippen LogP contribution in [0.15, 0.2) is 18.2 Å². The third kappa shape index (κ3) is 1.68. The van der Waals surface area contributed by atoms with Crippen LogP contribution in [0, 0.1) is 0 Å². The van der Waals surface area contributed by atoms with Gasteiger partial charge >= 0.3 is 0 Å². The van der Waals surface area contributed by atoms with Crippen LogP contribution in [0.25, 0.3) is 0 Å². The Bertz CT molecular complexity index is 261. The summed E-state index contributed by atoms with van der Waals surface area (Å²) in [6, 6.07) is 5.13. The van der Waals surface area contributed by atoms with Crippen molar-refractivity contribution in [1.82, 2.24) is 0 Å². The maximum atomic E-state index is 9.36. The molecule has 0 atom stereocenters. The monoisotopic (exact) mass is 167 g/mol. The normalized spacial score (nSPS) is 9.83. The van der Waals surface area contributed by atoms with E-state index < -0.39 is 0 Å². The molecule has 0 saturated carbocycles. The molecule has 0 aliphatic rings. The molecule has 0 amide bonds. The lowest BCUT2D eigenvalue weighted by Gasteiger charge is -2.09. The fourth-order valence-electron chi connectivity index (χ4n) is 1.05. The quantitative estimate of drug-likeness (QED) is 0.712. The molecule has 0 aliphatic carbocycles. The number of benzene rings is 1. The second kappa shape index (κ2) is 3.97. The van der Waals surface area contributed by atoms with Crippen molar-refractivity contribution in [2.45, 2.75) is 13.5 Å². The molecule has 0 unspecified atom stereocenters. The minimum absolute atomic E-state index is 0.198. The highest BCUT2D eigenvalue weighted by Crippen LogP contribution is 2.26. The minimum atomic E-state index is 0.198. The van der Waals surface area contributed by atoms with Crippen LogP contribution >= 0.6 is 0 Å². The van der Waals surface area contributed by atoms with E-state index in [1.807, 2.05) is 6.92 Å². The second-order valence-electron chi connectivity index (χ2n) is 2.39. The van der Waals surface area contributed by atoms with Gasteiger partial charge < -0.3 is 15.6 Å². The first kappa shape index (κ1) is 8.87. The van der Waals surface area contributed by atoms with E-state index in [1.165, 1.54) is 0 Å². The Morgan fingerprint density at radius 3 is 2.83 bits per heavy atom. The molecule has 1 aromatic rings. The zero-order chi connectivity index (χ0) is 8.97. The zero-order valence-corrected chi connectivity index (χ0v) is 7.08. The summed E-state index contributed by atoms with van der Waals surface area (Å²) in [5.74, 6) is 0.864. The van der Waals surface area contributed by atoms with Crippen LogP contribution < -0.4 is 10.5 Å². The van der Waals surface area contributed by atoms with Gasteiger partial charge in [-0.25, -0.2) is 0 Å². The molecule has 0 aromatic heterocycles. The highest BCUT2D eigenvalue weighted by Gasteiger charge is 2.05. The Morgan fingerprint density at radius 1 is 1.50 bits per heavy atom. The van der Waals surface area contributed by atoms with Crippen molar-refractivity contribution in [3.05, 3.63) is 23.8 Å². The predicted molar refractivity (Wildman–Crippen MR) is 47.2 cm³/mol. The highest BCUT2D eigenvalue weighted by molar-refractivity contribution is 5.43. The lowest BCUT2D eigenvalue weighted by Crippen LogP contribution is -2.02. The number of hydrogen-bond acceptors (Lipinski definition) is 3. The molecule has 3 heteroatoms. The summed E-state index contributed by atoms with van der Waals surface area (Å²) in [5.41, 5.74) is 6.11. The van der Waals surface area contributed by atoms with Gasteiger partial charge in [-0.3, -0.25) is 0 Å². The lowest BCUT2D eigenvalue weighted by molar-refractivity contribution is 0.333. The van der Waals surface area contributed by atoms with E-state index in [9.17, 15) is 5.11 Å². The largest absolute Gasteiger partial charge is 0.507 e. The Balaban J connectivity index is 3.00. The molecular weight excluding hydrogens is 154 g/mol. The number of nitrogens with two attached hydrogens (primary N) is 1. The number of rotatable bonds is 3. The summed E-state index contributed by atoms with van der Waals surface area (Å²) >= 11 is 0. The van der Waals surface area contributed by atoms with Crippen molar-refractivity contribution in [2.24, 2.45) is 5.73 Å². The fourth-order valence-corrected chi connectivity index (χ4v) is 1.05. The summed E-state index contributed by atoms with van der Waals surface area (Å²) in [6.07, 6.45) is 0. The highest BCUT2D eigenvalue weighted by atomic mass is 16.5. The van der Waals surface area contributed by atoms with Crippen LogP contribution in [0.4, 0.5) is 0 Å². The maximum Gasteiger partial charge on any atom is 0.127 e. The molecule has 0 spiro atoms. The Kier molecular flexibility index (Phi) is 2.94. The van der Waals surface area contributed by atoms with Gasteiger partial charge in [-0.2, -0.15) is 0 Å². The van der Waals surface area contributed by atoms with E-state index in [-0.39, 0.29) is 5.75 Å². The van der Waals surface area contributed by atoms with Gasteiger partial charge in [0.15, 0.2) is 0 Å². The third-order valence-electron chi connectivity index (χ3n) is 1.61. The van der Waals surface area contributed by atoms with E-state index in [0.717, 1.165) is 0 Å². The van der Waals surface area contributed by atoms with E-state index >= 15 is 0 Å². The molecule has 0 fully saturated rings. The summed E-state index contributed by atoms with van der Waals surface area (Å²) in [4.78, 5) is 0. The molecule has 0 bridgehead atoms. The summed E-state index contributed by atoms with van der Waals surface area (Å²) in [7, 11) is 0. The first-order valence-electron chi connectivity index (χ1n) is 3.93. The van der Waals surface area contributed by atoms with Gasteiger partial charge in [0, 0.05) is 12.1 Å². The van der Waals surface area contributed by atoms with Gasteiger partial charge in [-0.15, -0.1) is 0 Å². The van der Waals surface area contributed by atoms with Crippen molar-refractivity contribution >= 4 is 0 Å². The van der Waals surface area contributed by atoms with Crippen LogP contribution in [0.3, 0.4) is 0 Å². The molecule has 3 N–H and O–H groups in total. The smallest absolute Gasteiger partial charge is 0.127 e. The fraction of sp³-hybridized carbons (Fsp3) is 0.333. The van der Waals surface area contributed by atoms with Crippen molar-refractivity contribution in [2.75, 3.05) is 6.61 Å². The molecule has 12 heavy (non-hydrogen) atoms. The number of ether oxygens (including phenoxy) is 1. The van der Waals surface area contributed by atoms with Gasteiger partial charge in [-0.05, 0) is 19.1 Å². The number of phenols is 1. The predicted octanol–water partition coefficient (Wildman–Crippen LogP) is 1.25. The van der Waals surface area contributed by atoms with E-state index in [4.69, 9.17) is 10.5 Å². The first-order valence-corrected chi connectivity index (χ1v) is 3.93. The maximum absolute atomic E-state index is 9.36. The first-order chi connectivity index (χ1) is 5.79. The van der Waals surface area contributed by atoms with Crippen molar-refractivity contribution in [3.8, 4) is 11.5 Å². The molecule has 1 aromatic carbocycles. The molecule has 1 rings (SSSR count). The Hall–Kier alpha value is -1.22.